The molecule has 0 aromatic carbocycles. The minimum Gasteiger partial charge on any atom is -0.450 e. The first-order chi connectivity index (χ1) is 12.0. The van der Waals surface area contributed by atoms with Crippen LogP contribution in [0.3, 0.4) is 0 Å². The highest BCUT2D eigenvalue weighted by Gasteiger charge is 2.23. The van der Waals surface area contributed by atoms with Gasteiger partial charge in [0.25, 0.3) is 5.91 Å². The number of carbonyl (C=O) groups is 2. The van der Waals surface area contributed by atoms with Gasteiger partial charge in [-0.05, 0) is 25.3 Å². The van der Waals surface area contributed by atoms with Gasteiger partial charge in [-0.3, -0.25) is 4.79 Å². The fourth-order valence-corrected chi connectivity index (χ4v) is 2.50. The van der Waals surface area contributed by atoms with Crippen molar-refractivity contribution in [3.63, 3.8) is 0 Å². The SMILES string of the molecule is CCOC(=O)N1CCN(c2nccc(C(=O)NCCC(C)C)n2)CC1. The molecule has 8 heteroatoms. The molecule has 0 unspecified atom stereocenters. The average Bonchev–Trinajstić information content (AvgIpc) is 2.62. The van der Waals surface area contributed by atoms with Crippen LogP contribution in [0.15, 0.2) is 12.3 Å². The quantitative estimate of drug-likeness (QED) is 0.838. The van der Waals surface area contributed by atoms with Gasteiger partial charge in [-0.15, -0.1) is 0 Å². The lowest BCUT2D eigenvalue weighted by atomic mass is 10.1. The van der Waals surface area contributed by atoms with E-state index in [0.29, 0.717) is 56.9 Å². The van der Waals surface area contributed by atoms with Gasteiger partial charge in [0.2, 0.25) is 5.95 Å². The highest BCUT2D eigenvalue weighted by atomic mass is 16.6. The zero-order valence-corrected chi connectivity index (χ0v) is 15.2. The Morgan fingerprint density at radius 1 is 1.28 bits per heavy atom. The third-order valence-electron chi connectivity index (χ3n) is 3.97. The van der Waals surface area contributed by atoms with E-state index in [1.807, 2.05) is 4.90 Å². The lowest BCUT2D eigenvalue weighted by Crippen LogP contribution is -2.49. The largest absolute Gasteiger partial charge is 0.450 e. The van der Waals surface area contributed by atoms with Crippen LogP contribution in [0.2, 0.25) is 0 Å². The summed E-state index contributed by atoms with van der Waals surface area (Å²) < 4.78 is 5.01. The number of nitrogens with one attached hydrogen (secondary N) is 1. The molecule has 0 aliphatic carbocycles. The number of amides is 2. The Labute approximate surface area is 148 Å². The van der Waals surface area contributed by atoms with Gasteiger partial charge < -0.3 is 19.9 Å². The molecular formula is C17H27N5O3. The van der Waals surface area contributed by atoms with E-state index in [0.717, 1.165) is 6.42 Å². The van der Waals surface area contributed by atoms with E-state index >= 15 is 0 Å². The van der Waals surface area contributed by atoms with E-state index in [4.69, 9.17) is 4.74 Å². The van der Waals surface area contributed by atoms with Crippen molar-refractivity contribution in [1.29, 1.82) is 0 Å². The van der Waals surface area contributed by atoms with Gasteiger partial charge in [0.05, 0.1) is 6.61 Å². The Bertz CT molecular complexity index is 585. The highest BCUT2D eigenvalue weighted by Crippen LogP contribution is 2.12. The predicted molar refractivity (Wildman–Crippen MR) is 94.6 cm³/mol. The molecule has 138 valence electrons. The molecule has 0 atom stereocenters. The van der Waals surface area contributed by atoms with Crippen LogP contribution in [-0.2, 0) is 4.74 Å². The summed E-state index contributed by atoms with van der Waals surface area (Å²) in [7, 11) is 0. The van der Waals surface area contributed by atoms with Gasteiger partial charge in [-0.1, -0.05) is 13.8 Å². The number of anilines is 1. The van der Waals surface area contributed by atoms with Gasteiger partial charge in [-0.25, -0.2) is 14.8 Å². The van der Waals surface area contributed by atoms with Crippen molar-refractivity contribution in [2.75, 3.05) is 44.2 Å². The van der Waals surface area contributed by atoms with Crippen molar-refractivity contribution in [2.45, 2.75) is 27.2 Å². The summed E-state index contributed by atoms with van der Waals surface area (Å²) in [5, 5.41) is 2.88. The van der Waals surface area contributed by atoms with E-state index in [2.05, 4.69) is 29.1 Å². The minimum absolute atomic E-state index is 0.186. The van der Waals surface area contributed by atoms with Crippen molar-refractivity contribution >= 4 is 17.9 Å². The van der Waals surface area contributed by atoms with Crippen LogP contribution in [-0.4, -0.2) is 66.2 Å². The summed E-state index contributed by atoms with van der Waals surface area (Å²) in [5.74, 6) is 0.867. The predicted octanol–water partition coefficient (Wildman–Crippen LogP) is 1.53. The van der Waals surface area contributed by atoms with Gasteiger partial charge in [-0.2, -0.15) is 0 Å². The average molecular weight is 349 g/mol. The zero-order chi connectivity index (χ0) is 18.2. The highest BCUT2D eigenvalue weighted by molar-refractivity contribution is 5.92. The molecule has 1 N–H and O–H groups in total. The Hall–Kier alpha value is -2.38. The van der Waals surface area contributed by atoms with Gasteiger partial charge in [0, 0.05) is 38.9 Å². The maximum atomic E-state index is 12.2. The first-order valence-corrected chi connectivity index (χ1v) is 8.79. The Morgan fingerprint density at radius 2 is 2.00 bits per heavy atom. The Morgan fingerprint density at radius 3 is 2.64 bits per heavy atom. The summed E-state index contributed by atoms with van der Waals surface area (Å²) in [6, 6.07) is 1.61. The molecule has 1 saturated heterocycles. The van der Waals surface area contributed by atoms with E-state index in [1.54, 1.807) is 24.1 Å². The van der Waals surface area contributed by atoms with E-state index < -0.39 is 0 Å². The van der Waals surface area contributed by atoms with Gasteiger partial charge in [0.15, 0.2) is 0 Å². The molecule has 0 saturated carbocycles. The van der Waals surface area contributed by atoms with E-state index in [1.165, 1.54) is 0 Å². The summed E-state index contributed by atoms with van der Waals surface area (Å²) in [6.45, 7) is 9.34. The first-order valence-electron chi connectivity index (χ1n) is 8.79. The number of aromatic nitrogens is 2. The molecule has 1 fully saturated rings. The molecular weight excluding hydrogens is 322 g/mol. The first kappa shape index (κ1) is 19.0. The second kappa shape index (κ2) is 9.19. The molecule has 1 aliphatic rings. The van der Waals surface area contributed by atoms with Crippen molar-refractivity contribution in [3.05, 3.63) is 18.0 Å². The monoisotopic (exact) mass is 349 g/mol. The topological polar surface area (TPSA) is 87.7 Å². The van der Waals surface area contributed by atoms with Crippen LogP contribution in [0.5, 0.6) is 0 Å². The number of nitrogens with zero attached hydrogens (tertiary/aromatic N) is 4. The molecule has 0 spiro atoms. The lowest BCUT2D eigenvalue weighted by Gasteiger charge is -2.34. The van der Waals surface area contributed by atoms with Crippen molar-refractivity contribution in [2.24, 2.45) is 5.92 Å². The number of carbonyl (C=O) groups excluding carboxylic acids is 2. The molecule has 2 amide bonds. The number of ether oxygens (including phenoxy) is 1. The summed E-state index contributed by atoms with van der Waals surface area (Å²) in [5.41, 5.74) is 0.363. The molecule has 0 radical (unpaired) electrons. The normalized spacial score (nSPS) is 14.6. The fourth-order valence-electron chi connectivity index (χ4n) is 2.50. The van der Waals surface area contributed by atoms with Crippen molar-refractivity contribution in [3.8, 4) is 0 Å². The molecule has 8 nitrogen and oxygen atoms in total. The second-order valence-electron chi connectivity index (χ2n) is 6.35. The van der Waals surface area contributed by atoms with Crippen LogP contribution in [0, 0.1) is 5.92 Å². The minimum atomic E-state index is -0.290. The van der Waals surface area contributed by atoms with Crippen LogP contribution in [0.4, 0.5) is 10.7 Å². The lowest BCUT2D eigenvalue weighted by molar-refractivity contribution is 0.0946. The maximum Gasteiger partial charge on any atom is 0.409 e. The molecule has 2 heterocycles. The third-order valence-corrected chi connectivity index (χ3v) is 3.97. The molecule has 25 heavy (non-hydrogen) atoms. The molecule has 1 aliphatic heterocycles. The fraction of sp³-hybridized carbons (Fsp3) is 0.647. The number of piperazine rings is 1. The Balaban J connectivity index is 1.91. The van der Waals surface area contributed by atoms with E-state index in [-0.39, 0.29) is 12.0 Å². The molecule has 1 aromatic heterocycles. The van der Waals surface area contributed by atoms with E-state index in [9.17, 15) is 9.59 Å². The summed E-state index contributed by atoms with van der Waals surface area (Å²) in [6.07, 6.45) is 2.23. The van der Waals surface area contributed by atoms with Gasteiger partial charge in [0.1, 0.15) is 5.69 Å². The van der Waals surface area contributed by atoms with Crippen LogP contribution in [0.1, 0.15) is 37.7 Å². The maximum absolute atomic E-state index is 12.2. The number of rotatable bonds is 6. The molecule has 2 rings (SSSR count). The Kier molecular flexibility index (Phi) is 6.97. The van der Waals surface area contributed by atoms with Gasteiger partial charge >= 0.3 is 6.09 Å². The van der Waals surface area contributed by atoms with Crippen LogP contribution >= 0.6 is 0 Å². The molecule has 0 bridgehead atoms. The number of hydrogen-bond acceptors (Lipinski definition) is 6. The van der Waals surface area contributed by atoms with Crippen molar-refractivity contribution < 1.29 is 14.3 Å². The van der Waals surface area contributed by atoms with Crippen LogP contribution < -0.4 is 10.2 Å². The number of hydrogen-bond donors (Lipinski definition) is 1. The summed E-state index contributed by atoms with van der Waals surface area (Å²) >= 11 is 0. The van der Waals surface area contributed by atoms with Crippen molar-refractivity contribution in [1.82, 2.24) is 20.2 Å². The summed E-state index contributed by atoms with van der Waals surface area (Å²) in [4.78, 5) is 36.2. The third kappa shape index (κ3) is 5.58. The zero-order valence-electron chi connectivity index (χ0n) is 15.2. The van der Waals surface area contributed by atoms with Crippen LogP contribution in [0.25, 0.3) is 0 Å². The second-order valence-corrected chi connectivity index (χ2v) is 6.35. The smallest absolute Gasteiger partial charge is 0.409 e. The molecule has 1 aromatic rings. The standard InChI is InChI=1S/C17H27N5O3/c1-4-25-17(24)22-11-9-21(10-12-22)16-19-8-6-14(20-16)15(23)18-7-5-13(2)3/h6,8,13H,4-5,7,9-12H2,1-3H3,(H,18,23).